The summed E-state index contributed by atoms with van der Waals surface area (Å²) >= 11 is 1.54. The smallest absolute Gasteiger partial charge is 0.312 e. The Balaban J connectivity index is 2.39. The average molecular weight is 155 g/mol. The second-order valence-electron chi connectivity index (χ2n) is 2.06. The average Bonchev–Trinajstić information content (AvgIpc) is 2.33. The first-order valence-electron chi connectivity index (χ1n) is 2.93. The molecule has 52 valence electrons. The largest absolute Gasteiger partial charge is 0.460 e. The van der Waals surface area contributed by atoms with Crippen LogP contribution in [-0.2, 0) is 22.6 Å². The molecule has 0 bridgehead atoms. The van der Waals surface area contributed by atoms with Crippen LogP contribution in [0.5, 0.6) is 0 Å². The van der Waals surface area contributed by atoms with E-state index in [4.69, 9.17) is 4.74 Å². The zero-order valence-corrected chi connectivity index (χ0v) is 5.98. The van der Waals surface area contributed by atoms with Crippen LogP contribution in [0.2, 0.25) is 0 Å². The molecule has 0 radical (unpaired) electrons. The van der Waals surface area contributed by atoms with E-state index in [1.54, 1.807) is 5.51 Å². The van der Waals surface area contributed by atoms with Crippen LogP contribution in [0.25, 0.3) is 0 Å². The van der Waals surface area contributed by atoms with Gasteiger partial charge in [-0.15, -0.1) is 11.3 Å². The second kappa shape index (κ2) is 2.05. The van der Waals surface area contributed by atoms with Gasteiger partial charge in [0, 0.05) is 0 Å². The Morgan fingerprint density at radius 1 is 1.70 bits per heavy atom. The molecule has 0 saturated heterocycles. The Labute approximate surface area is 61.7 Å². The minimum atomic E-state index is -0.168. The van der Waals surface area contributed by atoms with E-state index in [2.05, 4.69) is 4.98 Å². The van der Waals surface area contributed by atoms with Crippen molar-refractivity contribution < 1.29 is 9.53 Å². The SMILES string of the molecule is O=C1Cc2ncsc2CO1. The monoisotopic (exact) mass is 155 g/mol. The molecular weight excluding hydrogens is 150 g/mol. The summed E-state index contributed by atoms with van der Waals surface area (Å²) in [6, 6.07) is 0. The Bertz CT molecular complexity index is 268. The van der Waals surface area contributed by atoms with Gasteiger partial charge in [-0.2, -0.15) is 0 Å². The van der Waals surface area contributed by atoms with Gasteiger partial charge in [-0.1, -0.05) is 0 Å². The number of cyclic esters (lactones) is 1. The molecule has 0 N–H and O–H groups in total. The van der Waals surface area contributed by atoms with Crippen molar-refractivity contribution in [1.29, 1.82) is 0 Å². The summed E-state index contributed by atoms with van der Waals surface area (Å²) in [5, 5.41) is 0. The van der Waals surface area contributed by atoms with E-state index in [-0.39, 0.29) is 5.97 Å². The van der Waals surface area contributed by atoms with E-state index in [0.29, 0.717) is 13.0 Å². The van der Waals surface area contributed by atoms with Gasteiger partial charge >= 0.3 is 5.97 Å². The van der Waals surface area contributed by atoms with E-state index in [1.165, 1.54) is 11.3 Å². The minimum absolute atomic E-state index is 0.168. The quantitative estimate of drug-likeness (QED) is 0.519. The molecule has 0 atom stereocenters. The van der Waals surface area contributed by atoms with Gasteiger partial charge in [-0.05, 0) is 0 Å². The number of nitrogens with zero attached hydrogens (tertiary/aromatic N) is 1. The molecule has 1 aromatic rings. The molecule has 1 aliphatic heterocycles. The first-order chi connectivity index (χ1) is 4.86. The maximum atomic E-state index is 10.7. The third kappa shape index (κ3) is 0.806. The van der Waals surface area contributed by atoms with Gasteiger partial charge < -0.3 is 4.74 Å². The van der Waals surface area contributed by atoms with Gasteiger partial charge in [0.15, 0.2) is 0 Å². The highest BCUT2D eigenvalue weighted by atomic mass is 32.1. The molecule has 0 aromatic carbocycles. The number of esters is 1. The molecule has 4 heteroatoms. The number of thiazole rings is 1. The zero-order chi connectivity index (χ0) is 6.97. The second-order valence-corrected chi connectivity index (χ2v) is 3.00. The Kier molecular flexibility index (Phi) is 1.20. The topological polar surface area (TPSA) is 39.2 Å². The maximum Gasteiger partial charge on any atom is 0.312 e. The fraction of sp³-hybridized carbons (Fsp3) is 0.333. The van der Waals surface area contributed by atoms with Crippen molar-refractivity contribution >= 4 is 17.3 Å². The predicted molar refractivity (Wildman–Crippen MR) is 35.6 cm³/mol. The Hall–Kier alpha value is -0.900. The fourth-order valence-electron chi connectivity index (χ4n) is 0.889. The van der Waals surface area contributed by atoms with Crippen molar-refractivity contribution in [1.82, 2.24) is 4.98 Å². The standard InChI is InChI=1S/C6H5NO2S/c8-6-1-4-5(2-9-6)10-3-7-4/h3H,1-2H2. The molecule has 10 heavy (non-hydrogen) atoms. The van der Waals surface area contributed by atoms with Gasteiger partial charge in [0.1, 0.15) is 6.61 Å². The van der Waals surface area contributed by atoms with Crippen LogP contribution < -0.4 is 0 Å². The Morgan fingerprint density at radius 3 is 3.50 bits per heavy atom. The van der Waals surface area contributed by atoms with Crippen LogP contribution in [0.1, 0.15) is 10.6 Å². The highest BCUT2D eigenvalue weighted by Crippen LogP contribution is 2.19. The first-order valence-corrected chi connectivity index (χ1v) is 3.81. The lowest BCUT2D eigenvalue weighted by atomic mass is 10.2. The number of rotatable bonds is 0. The number of aromatic nitrogens is 1. The van der Waals surface area contributed by atoms with E-state index in [9.17, 15) is 4.79 Å². The predicted octanol–water partition coefficient (Wildman–Crippen LogP) is 0.742. The highest BCUT2D eigenvalue weighted by Gasteiger charge is 2.18. The number of carbonyl (C=O) groups is 1. The van der Waals surface area contributed by atoms with Gasteiger partial charge in [0.25, 0.3) is 0 Å². The van der Waals surface area contributed by atoms with Crippen LogP contribution in [0.4, 0.5) is 0 Å². The molecule has 1 aromatic heterocycles. The van der Waals surface area contributed by atoms with Crippen LogP contribution in [0.3, 0.4) is 0 Å². The molecular formula is C6H5NO2S. The van der Waals surface area contributed by atoms with Gasteiger partial charge in [0.05, 0.1) is 22.5 Å². The molecule has 2 rings (SSSR count). The zero-order valence-electron chi connectivity index (χ0n) is 5.16. The van der Waals surface area contributed by atoms with E-state index < -0.39 is 0 Å². The minimum Gasteiger partial charge on any atom is -0.460 e. The molecule has 2 heterocycles. The number of hydrogen-bond acceptors (Lipinski definition) is 4. The molecule has 0 amide bonds. The van der Waals surface area contributed by atoms with E-state index in [1.807, 2.05) is 0 Å². The molecule has 0 unspecified atom stereocenters. The van der Waals surface area contributed by atoms with Gasteiger partial charge in [-0.25, -0.2) is 4.98 Å². The van der Waals surface area contributed by atoms with Gasteiger partial charge in [0.2, 0.25) is 0 Å². The third-order valence-electron chi connectivity index (χ3n) is 1.40. The van der Waals surface area contributed by atoms with Crippen molar-refractivity contribution in [3.05, 3.63) is 16.1 Å². The van der Waals surface area contributed by atoms with Crippen molar-refractivity contribution in [3.63, 3.8) is 0 Å². The summed E-state index contributed by atoms with van der Waals surface area (Å²) in [6.45, 7) is 0.416. The van der Waals surface area contributed by atoms with E-state index in [0.717, 1.165) is 10.6 Å². The lowest BCUT2D eigenvalue weighted by Crippen LogP contribution is -2.14. The fourth-order valence-corrected chi connectivity index (χ4v) is 1.58. The summed E-state index contributed by atoms with van der Waals surface area (Å²) in [6.07, 6.45) is 0.346. The van der Waals surface area contributed by atoms with Crippen LogP contribution in [-0.4, -0.2) is 11.0 Å². The first kappa shape index (κ1) is 5.85. The molecule has 0 spiro atoms. The lowest BCUT2D eigenvalue weighted by molar-refractivity contribution is -0.145. The maximum absolute atomic E-state index is 10.7. The Morgan fingerprint density at radius 2 is 2.60 bits per heavy atom. The normalized spacial score (nSPS) is 16.2. The summed E-state index contributed by atoms with van der Waals surface area (Å²) < 4.78 is 4.79. The molecule has 0 fully saturated rings. The van der Waals surface area contributed by atoms with Crippen molar-refractivity contribution in [3.8, 4) is 0 Å². The third-order valence-corrected chi connectivity index (χ3v) is 2.25. The molecule has 3 nitrogen and oxygen atoms in total. The number of carbonyl (C=O) groups excluding carboxylic acids is 1. The number of fused-ring (bicyclic) bond motifs is 1. The lowest BCUT2D eigenvalue weighted by Gasteiger charge is -2.08. The number of ether oxygens (including phenoxy) is 1. The summed E-state index contributed by atoms with van der Waals surface area (Å²) in [7, 11) is 0. The summed E-state index contributed by atoms with van der Waals surface area (Å²) in [5.74, 6) is -0.168. The summed E-state index contributed by atoms with van der Waals surface area (Å²) in [5.41, 5.74) is 2.63. The van der Waals surface area contributed by atoms with Crippen LogP contribution >= 0.6 is 11.3 Å². The van der Waals surface area contributed by atoms with Crippen molar-refractivity contribution in [2.75, 3.05) is 0 Å². The molecule has 1 aliphatic rings. The van der Waals surface area contributed by atoms with Crippen LogP contribution in [0, 0.1) is 0 Å². The number of hydrogen-bond donors (Lipinski definition) is 0. The highest BCUT2D eigenvalue weighted by molar-refractivity contribution is 7.09. The molecule has 0 aliphatic carbocycles. The van der Waals surface area contributed by atoms with Crippen molar-refractivity contribution in [2.45, 2.75) is 13.0 Å². The van der Waals surface area contributed by atoms with E-state index >= 15 is 0 Å². The molecule has 0 saturated carbocycles. The van der Waals surface area contributed by atoms with Crippen molar-refractivity contribution in [2.24, 2.45) is 0 Å². The van der Waals surface area contributed by atoms with Crippen LogP contribution in [0.15, 0.2) is 5.51 Å². The van der Waals surface area contributed by atoms with Gasteiger partial charge in [-0.3, -0.25) is 4.79 Å². The summed E-state index contributed by atoms with van der Waals surface area (Å²) in [4.78, 5) is 15.8.